The molecule has 1 N–H and O–H groups in total. The Kier molecular flexibility index (Phi) is 5.03. The molecular weight excluding hydrogens is 388 g/mol. The second-order valence-corrected chi connectivity index (χ2v) is 8.83. The SMILES string of the molecule is O=c1c2ccc(N3CCN(Cc4nnc(C5CC5)s4)CC3)cc2ncn1CCO. The summed E-state index contributed by atoms with van der Waals surface area (Å²) in [5.41, 5.74) is 1.68. The molecule has 3 aromatic rings. The monoisotopic (exact) mass is 412 g/mol. The zero-order valence-corrected chi connectivity index (χ0v) is 17.0. The summed E-state index contributed by atoms with van der Waals surface area (Å²) in [6.45, 7) is 4.88. The first-order valence-electron chi connectivity index (χ1n) is 10.1. The summed E-state index contributed by atoms with van der Waals surface area (Å²) >= 11 is 1.77. The van der Waals surface area contributed by atoms with Crippen LogP contribution in [0.3, 0.4) is 0 Å². The van der Waals surface area contributed by atoms with Crippen LogP contribution in [-0.2, 0) is 13.1 Å². The van der Waals surface area contributed by atoms with Gasteiger partial charge in [0.2, 0.25) is 0 Å². The maximum Gasteiger partial charge on any atom is 0.261 e. The number of hydrogen-bond donors (Lipinski definition) is 1. The minimum atomic E-state index is -0.108. The fourth-order valence-corrected chi connectivity index (χ4v) is 4.85. The van der Waals surface area contributed by atoms with Gasteiger partial charge in [-0.05, 0) is 31.0 Å². The van der Waals surface area contributed by atoms with E-state index in [0.29, 0.717) is 16.8 Å². The van der Waals surface area contributed by atoms with Crippen molar-refractivity contribution in [2.75, 3.05) is 37.7 Å². The zero-order chi connectivity index (χ0) is 19.8. The van der Waals surface area contributed by atoms with Gasteiger partial charge < -0.3 is 10.0 Å². The minimum Gasteiger partial charge on any atom is -0.395 e. The third-order valence-corrected chi connectivity index (χ3v) is 6.73. The molecule has 2 aromatic heterocycles. The molecule has 0 unspecified atom stereocenters. The Labute approximate surface area is 172 Å². The van der Waals surface area contributed by atoms with Crippen LogP contribution < -0.4 is 10.5 Å². The number of hydrogen-bond acceptors (Lipinski definition) is 8. The van der Waals surface area contributed by atoms with Gasteiger partial charge in [-0.3, -0.25) is 14.3 Å². The molecule has 5 rings (SSSR count). The predicted molar refractivity (Wildman–Crippen MR) is 112 cm³/mol. The van der Waals surface area contributed by atoms with Crippen LogP contribution in [0.4, 0.5) is 5.69 Å². The average molecular weight is 413 g/mol. The molecule has 1 aliphatic heterocycles. The highest BCUT2D eigenvalue weighted by molar-refractivity contribution is 7.11. The van der Waals surface area contributed by atoms with Crippen LogP contribution in [0.25, 0.3) is 10.9 Å². The summed E-state index contributed by atoms with van der Waals surface area (Å²) in [4.78, 5) is 21.6. The molecule has 2 fully saturated rings. The maximum atomic E-state index is 12.5. The van der Waals surface area contributed by atoms with Crippen LogP contribution in [0.15, 0.2) is 29.3 Å². The van der Waals surface area contributed by atoms with Gasteiger partial charge in [0.1, 0.15) is 10.0 Å². The van der Waals surface area contributed by atoms with E-state index in [1.807, 2.05) is 18.2 Å². The van der Waals surface area contributed by atoms with Crippen molar-refractivity contribution in [3.8, 4) is 0 Å². The second-order valence-electron chi connectivity index (χ2n) is 7.74. The Morgan fingerprint density at radius 1 is 1.14 bits per heavy atom. The molecule has 9 heteroatoms. The Balaban J connectivity index is 1.24. The molecule has 1 aliphatic carbocycles. The Morgan fingerprint density at radius 3 is 2.72 bits per heavy atom. The van der Waals surface area contributed by atoms with Crippen molar-refractivity contribution in [3.05, 3.63) is 44.9 Å². The van der Waals surface area contributed by atoms with Gasteiger partial charge in [0, 0.05) is 37.8 Å². The quantitative estimate of drug-likeness (QED) is 0.655. The summed E-state index contributed by atoms with van der Waals surface area (Å²) in [7, 11) is 0. The molecule has 1 aromatic carbocycles. The molecule has 0 amide bonds. The van der Waals surface area contributed by atoms with E-state index in [1.165, 1.54) is 28.7 Å². The first-order chi connectivity index (χ1) is 14.2. The van der Waals surface area contributed by atoms with Crippen molar-refractivity contribution in [3.63, 3.8) is 0 Å². The van der Waals surface area contributed by atoms with Crippen molar-refractivity contribution in [1.29, 1.82) is 0 Å². The Morgan fingerprint density at radius 2 is 1.97 bits per heavy atom. The van der Waals surface area contributed by atoms with E-state index < -0.39 is 0 Å². The fourth-order valence-electron chi connectivity index (χ4n) is 3.79. The van der Waals surface area contributed by atoms with E-state index in [0.717, 1.165) is 43.4 Å². The molecule has 29 heavy (non-hydrogen) atoms. The van der Waals surface area contributed by atoms with Crippen LogP contribution in [0, 0.1) is 0 Å². The lowest BCUT2D eigenvalue weighted by Crippen LogP contribution is -2.46. The van der Waals surface area contributed by atoms with E-state index in [-0.39, 0.29) is 18.7 Å². The van der Waals surface area contributed by atoms with Gasteiger partial charge in [0.25, 0.3) is 5.56 Å². The smallest absolute Gasteiger partial charge is 0.261 e. The van der Waals surface area contributed by atoms with Crippen LogP contribution in [0.5, 0.6) is 0 Å². The first kappa shape index (κ1) is 18.7. The number of anilines is 1. The molecule has 152 valence electrons. The maximum absolute atomic E-state index is 12.5. The molecule has 3 heterocycles. The summed E-state index contributed by atoms with van der Waals surface area (Å²) < 4.78 is 1.45. The first-order valence-corrected chi connectivity index (χ1v) is 10.9. The fraction of sp³-hybridized carbons (Fsp3) is 0.500. The number of fused-ring (bicyclic) bond motifs is 1. The Bertz CT molecular complexity index is 1070. The summed E-state index contributed by atoms with van der Waals surface area (Å²) in [6.07, 6.45) is 4.05. The summed E-state index contributed by atoms with van der Waals surface area (Å²) in [6, 6.07) is 5.83. The molecule has 0 radical (unpaired) electrons. The summed E-state index contributed by atoms with van der Waals surface area (Å²) in [5.74, 6) is 0.673. The number of nitrogens with zero attached hydrogens (tertiary/aromatic N) is 6. The van der Waals surface area contributed by atoms with Gasteiger partial charge >= 0.3 is 0 Å². The van der Waals surface area contributed by atoms with Crippen LogP contribution >= 0.6 is 11.3 Å². The highest BCUT2D eigenvalue weighted by Gasteiger charge is 2.28. The van der Waals surface area contributed by atoms with E-state index >= 15 is 0 Å². The van der Waals surface area contributed by atoms with Crippen molar-refractivity contribution < 1.29 is 5.11 Å². The van der Waals surface area contributed by atoms with Crippen molar-refractivity contribution >= 4 is 27.9 Å². The van der Waals surface area contributed by atoms with Crippen molar-refractivity contribution in [2.24, 2.45) is 0 Å². The molecule has 1 saturated carbocycles. The lowest BCUT2D eigenvalue weighted by Gasteiger charge is -2.35. The predicted octanol–water partition coefficient (Wildman–Crippen LogP) is 1.44. The van der Waals surface area contributed by atoms with E-state index in [4.69, 9.17) is 5.11 Å². The Hall–Kier alpha value is -2.36. The number of rotatable bonds is 6. The molecule has 0 atom stereocenters. The third-order valence-electron chi connectivity index (χ3n) is 5.66. The molecule has 2 aliphatic rings. The van der Waals surface area contributed by atoms with Gasteiger partial charge in [-0.15, -0.1) is 10.2 Å². The van der Waals surface area contributed by atoms with Crippen molar-refractivity contribution in [1.82, 2.24) is 24.6 Å². The standard InChI is InChI=1S/C20H24N6O2S/c27-10-9-26-13-21-17-11-15(3-4-16(17)20(26)28)25-7-5-24(6-8-25)12-18-22-23-19(29-18)14-1-2-14/h3-4,11,13-14,27H,1-2,5-10,12H2. The highest BCUT2D eigenvalue weighted by atomic mass is 32.1. The van der Waals surface area contributed by atoms with Gasteiger partial charge in [0.15, 0.2) is 0 Å². The van der Waals surface area contributed by atoms with Crippen LogP contribution in [-0.4, -0.2) is 62.5 Å². The molecule has 8 nitrogen and oxygen atoms in total. The number of aliphatic hydroxyl groups is 1. The van der Waals surface area contributed by atoms with Crippen LogP contribution in [0.1, 0.15) is 28.8 Å². The van der Waals surface area contributed by atoms with E-state index in [2.05, 4.69) is 25.0 Å². The zero-order valence-electron chi connectivity index (χ0n) is 16.2. The topological polar surface area (TPSA) is 87.4 Å². The lowest BCUT2D eigenvalue weighted by atomic mass is 10.2. The lowest BCUT2D eigenvalue weighted by molar-refractivity contribution is 0.249. The average Bonchev–Trinajstić information content (AvgIpc) is 3.50. The minimum absolute atomic E-state index is 0.0750. The third kappa shape index (κ3) is 3.90. The van der Waals surface area contributed by atoms with E-state index in [9.17, 15) is 4.79 Å². The molecule has 0 spiro atoms. The van der Waals surface area contributed by atoms with Gasteiger partial charge in [-0.1, -0.05) is 11.3 Å². The number of aliphatic hydroxyl groups excluding tert-OH is 1. The molecular formula is C20H24N6O2S. The van der Waals surface area contributed by atoms with E-state index in [1.54, 1.807) is 11.3 Å². The van der Waals surface area contributed by atoms with Gasteiger partial charge in [-0.2, -0.15) is 0 Å². The number of aromatic nitrogens is 4. The van der Waals surface area contributed by atoms with Gasteiger partial charge in [-0.25, -0.2) is 4.98 Å². The summed E-state index contributed by atoms with van der Waals surface area (Å²) in [5, 5.41) is 20.7. The second kappa shape index (κ2) is 7.81. The van der Waals surface area contributed by atoms with Crippen LogP contribution in [0.2, 0.25) is 0 Å². The normalized spacial score (nSPS) is 17.9. The largest absolute Gasteiger partial charge is 0.395 e. The molecule has 1 saturated heterocycles. The van der Waals surface area contributed by atoms with Gasteiger partial charge in [0.05, 0.1) is 36.9 Å². The highest BCUT2D eigenvalue weighted by Crippen LogP contribution is 2.41. The molecule has 0 bridgehead atoms. The number of piperazine rings is 1. The van der Waals surface area contributed by atoms with Crippen molar-refractivity contribution in [2.45, 2.75) is 31.8 Å². The number of benzene rings is 1.